The van der Waals surface area contributed by atoms with Crippen LogP contribution in [0.4, 0.5) is 0 Å². The predicted molar refractivity (Wildman–Crippen MR) is 79.6 cm³/mol. The van der Waals surface area contributed by atoms with Gasteiger partial charge in [-0.05, 0) is 30.3 Å². The second kappa shape index (κ2) is 4.99. The summed E-state index contributed by atoms with van der Waals surface area (Å²) in [5, 5.41) is 9.08. The van der Waals surface area contributed by atoms with Crippen LogP contribution in [0.1, 0.15) is 5.56 Å². The van der Waals surface area contributed by atoms with Crippen LogP contribution in [-0.4, -0.2) is 9.55 Å². The summed E-state index contributed by atoms with van der Waals surface area (Å²) in [5.74, 6) is 0.507. The standard InChI is InChI=1S/C15H10BrN3O/c1-19-13-7-6-11(16)8-12(13)18-15(19)20-14-5-3-2-4-10(14)9-17/h2-8H,1H3. The van der Waals surface area contributed by atoms with Crippen molar-refractivity contribution < 1.29 is 4.74 Å². The summed E-state index contributed by atoms with van der Waals surface area (Å²) in [6, 6.07) is 15.5. The van der Waals surface area contributed by atoms with Crippen LogP contribution >= 0.6 is 15.9 Å². The molecule has 1 heterocycles. The van der Waals surface area contributed by atoms with Crippen molar-refractivity contribution >= 4 is 27.0 Å². The lowest BCUT2D eigenvalue weighted by Crippen LogP contribution is -1.95. The second-order valence-electron chi connectivity index (χ2n) is 4.30. The molecule has 5 heteroatoms. The fourth-order valence-electron chi connectivity index (χ4n) is 1.99. The van der Waals surface area contributed by atoms with Gasteiger partial charge in [0.15, 0.2) is 0 Å². The highest BCUT2D eigenvalue weighted by molar-refractivity contribution is 9.10. The van der Waals surface area contributed by atoms with Gasteiger partial charge in [-0.1, -0.05) is 28.1 Å². The fourth-order valence-corrected chi connectivity index (χ4v) is 2.34. The summed E-state index contributed by atoms with van der Waals surface area (Å²) in [5.41, 5.74) is 2.30. The second-order valence-corrected chi connectivity index (χ2v) is 5.21. The zero-order valence-corrected chi connectivity index (χ0v) is 12.3. The minimum atomic E-state index is 0.459. The molecule has 3 rings (SSSR count). The van der Waals surface area contributed by atoms with Gasteiger partial charge in [-0.3, -0.25) is 4.57 Å². The summed E-state index contributed by atoms with van der Waals surface area (Å²) in [6.07, 6.45) is 0. The highest BCUT2D eigenvalue weighted by atomic mass is 79.9. The number of para-hydroxylation sites is 1. The van der Waals surface area contributed by atoms with Gasteiger partial charge in [0.1, 0.15) is 11.8 Å². The van der Waals surface area contributed by atoms with E-state index in [-0.39, 0.29) is 0 Å². The van der Waals surface area contributed by atoms with Gasteiger partial charge >= 0.3 is 6.01 Å². The van der Waals surface area contributed by atoms with Gasteiger partial charge in [-0.2, -0.15) is 10.2 Å². The Bertz CT molecular complexity index is 833. The van der Waals surface area contributed by atoms with E-state index in [0.717, 1.165) is 15.5 Å². The van der Waals surface area contributed by atoms with Crippen LogP contribution in [0, 0.1) is 11.3 Å². The summed E-state index contributed by atoms with van der Waals surface area (Å²) in [6.45, 7) is 0. The molecule has 0 aliphatic rings. The van der Waals surface area contributed by atoms with Crippen LogP contribution in [-0.2, 0) is 7.05 Å². The third kappa shape index (κ3) is 2.15. The molecular formula is C15H10BrN3O. The van der Waals surface area contributed by atoms with E-state index in [0.29, 0.717) is 17.3 Å². The number of rotatable bonds is 2. The Morgan fingerprint density at radius 3 is 2.85 bits per heavy atom. The Hall–Kier alpha value is -2.32. The summed E-state index contributed by atoms with van der Waals surface area (Å²) < 4.78 is 8.59. The molecule has 98 valence electrons. The predicted octanol–water partition coefficient (Wildman–Crippen LogP) is 4.00. The number of benzene rings is 2. The average Bonchev–Trinajstić information content (AvgIpc) is 2.75. The molecule has 0 saturated heterocycles. The molecule has 0 aliphatic heterocycles. The first-order valence-electron chi connectivity index (χ1n) is 5.98. The summed E-state index contributed by atoms with van der Waals surface area (Å²) in [7, 11) is 1.88. The molecule has 0 N–H and O–H groups in total. The topological polar surface area (TPSA) is 50.8 Å². The average molecular weight is 328 g/mol. The third-order valence-electron chi connectivity index (χ3n) is 3.01. The van der Waals surface area contributed by atoms with E-state index in [1.54, 1.807) is 18.2 Å². The monoisotopic (exact) mass is 327 g/mol. The van der Waals surface area contributed by atoms with Crippen molar-refractivity contribution in [1.29, 1.82) is 5.26 Å². The van der Waals surface area contributed by atoms with Crippen LogP contribution < -0.4 is 4.74 Å². The third-order valence-corrected chi connectivity index (χ3v) is 3.50. The molecule has 20 heavy (non-hydrogen) atoms. The molecule has 0 fully saturated rings. The lowest BCUT2D eigenvalue weighted by atomic mass is 10.2. The summed E-state index contributed by atoms with van der Waals surface area (Å²) >= 11 is 3.42. The Morgan fingerprint density at radius 2 is 2.05 bits per heavy atom. The van der Waals surface area contributed by atoms with Gasteiger partial charge in [0.05, 0.1) is 16.6 Å². The molecule has 0 unspecified atom stereocenters. The summed E-state index contributed by atoms with van der Waals surface area (Å²) in [4.78, 5) is 4.45. The Morgan fingerprint density at radius 1 is 1.25 bits per heavy atom. The number of nitrogens with zero attached hydrogens (tertiary/aromatic N) is 3. The Labute approximate surface area is 124 Å². The van der Waals surface area contributed by atoms with Gasteiger partial charge in [0.25, 0.3) is 0 Å². The van der Waals surface area contributed by atoms with Crippen LogP contribution in [0.2, 0.25) is 0 Å². The first kappa shape index (κ1) is 12.7. The maximum atomic E-state index is 9.08. The molecule has 0 spiro atoms. The molecule has 1 aromatic heterocycles. The zero-order chi connectivity index (χ0) is 14.1. The molecule has 0 radical (unpaired) electrons. The van der Waals surface area contributed by atoms with E-state index in [2.05, 4.69) is 27.0 Å². The van der Waals surface area contributed by atoms with Crippen molar-refractivity contribution in [2.45, 2.75) is 0 Å². The number of nitriles is 1. The maximum absolute atomic E-state index is 9.08. The van der Waals surface area contributed by atoms with Gasteiger partial charge in [0.2, 0.25) is 0 Å². The van der Waals surface area contributed by atoms with Gasteiger partial charge in [-0.25, -0.2) is 0 Å². The molecule has 4 nitrogen and oxygen atoms in total. The molecular weight excluding hydrogens is 318 g/mol. The highest BCUT2D eigenvalue weighted by Gasteiger charge is 2.11. The van der Waals surface area contributed by atoms with Gasteiger partial charge < -0.3 is 4.74 Å². The van der Waals surface area contributed by atoms with Crippen LogP contribution in [0.25, 0.3) is 11.0 Å². The smallest absolute Gasteiger partial charge is 0.302 e. The Kier molecular flexibility index (Phi) is 3.17. The lowest BCUT2D eigenvalue weighted by Gasteiger charge is -2.06. The minimum Gasteiger partial charge on any atom is -0.424 e. The molecule has 0 amide bonds. The SMILES string of the molecule is Cn1c(Oc2ccccc2C#N)nc2cc(Br)ccc21. The van der Waals surface area contributed by atoms with Crippen molar-refractivity contribution in [2.75, 3.05) is 0 Å². The van der Waals surface area contributed by atoms with Crippen LogP contribution in [0.15, 0.2) is 46.9 Å². The number of aryl methyl sites for hydroxylation is 1. The normalized spacial score (nSPS) is 10.4. The number of hydrogen-bond donors (Lipinski definition) is 0. The van der Waals surface area contributed by atoms with E-state index >= 15 is 0 Å². The molecule has 0 saturated carbocycles. The van der Waals surface area contributed by atoms with Crippen molar-refractivity contribution in [3.05, 3.63) is 52.5 Å². The zero-order valence-electron chi connectivity index (χ0n) is 10.7. The lowest BCUT2D eigenvalue weighted by molar-refractivity contribution is 0.426. The first-order valence-corrected chi connectivity index (χ1v) is 6.77. The number of hydrogen-bond acceptors (Lipinski definition) is 3. The van der Waals surface area contributed by atoms with Gasteiger partial charge in [-0.15, -0.1) is 0 Å². The van der Waals surface area contributed by atoms with E-state index in [9.17, 15) is 0 Å². The number of aromatic nitrogens is 2. The van der Waals surface area contributed by atoms with E-state index in [4.69, 9.17) is 10.00 Å². The van der Waals surface area contributed by atoms with E-state index < -0.39 is 0 Å². The molecule has 0 atom stereocenters. The first-order chi connectivity index (χ1) is 9.69. The molecule has 3 aromatic rings. The molecule has 2 aromatic carbocycles. The van der Waals surface area contributed by atoms with E-state index in [1.807, 2.05) is 35.9 Å². The van der Waals surface area contributed by atoms with Crippen molar-refractivity contribution in [3.8, 4) is 17.8 Å². The number of fused-ring (bicyclic) bond motifs is 1. The highest BCUT2D eigenvalue weighted by Crippen LogP contribution is 2.28. The van der Waals surface area contributed by atoms with Crippen LogP contribution in [0.5, 0.6) is 11.8 Å². The van der Waals surface area contributed by atoms with Crippen molar-refractivity contribution in [2.24, 2.45) is 7.05 Å². The molecule has 0 bridgehead atoms. The van der Waals surface area contributed by atoms with Crippen molar-refractivity contribution in [3.63, 3.8) is 0 Å². The number of imidazole rings is 1. The van der Waals surface area contributed by atoms with Gasteiger partial charge in [0, 0.05) is 11.5 Å². The quantitative estimate of drug-likeness (QED) is 0.714. The largest absolute Gasteiger partial charge is 0.424 e. The maximum Gasteiger partial charge on any atom is 0.302 e. The minimum absolute atomic E-state index is 0.459. The number of halogens is 1. The van der Waals surface area contributed by atoms with Crippen molar-refractivity contribution in [1.82, 2.24) is 9.55 Å². The Balaban J connectivity index is 2.07. The van der Waals surface area contributed by atoms with E-state index in [1.165, 1.54) is 0 Å². The fraction of sp³-hybridized carbons (Fsp3) is 0.0667. The molecule has 0 aliphatic carbocycles. The van der Waals surface area contributed by atoms with Crippen LogP contribution in [0.3, 0.4) is 0 Å². The number of ether oxygens (including phenoxy) is 1.